The normalized spacial score (nSPS) is 11.7. The summed E-state index contributed by atoms with van der Waals surface area (Å²) in [6.45, 7) is 1.56. The van der Waals surface area contributed by atoms with Gasteiger partial charge in [0.05, 0.1) is 22.2 Å². The fraction of sp³-hybridized carbons (Fsp3) is 0.200. The Bertz CT molecular complexity index is 685. The van der Waals surface area contributed by atoms with Crippen molar-refractivity contribution in [1.82, 2.24) is 14.9 Å². The molecule has 0 bridgehead atoms. The van der Waals surface area contributed by atoms with E-state index in [2.05, 4.69) is 19.4 Å². The maximum atomic E-state index is 12.1. The van der Waals surface area contributed by atoms with Gasteiger partial charge in [0.2, 0.25) is 16.4 Å². The summed E-state index contributed by atoms with van der Waals surface area (Å²) >= 11 is 5.82. The monoisotopic (exact) mass is 302 g/mol. The number of sulfonamides is 1. The van der Waals surface area contributed by atoms with Gasteiger partial charge in [-0.2, -0.15) is 4.98 Å². The third kappa shape index (κ3) is 3.03. The number of halogens is 1. The third-order valence-electron chi connectivity index (χ3n) is 2.41. The molecule has 0 saturated carbocycles. The van der Waals surface area contributed by atoms with Crippen LogP contribution in [0.15, 0.2) is 27.9 Å². The van der Waals surface area contributed by atoms with E-state index in [-0.39, 0.29) is 23.0 Å². The number of aromatic nitrogens is 2. The standard InChI is InChI=1S/C10H11ClN4O3S/c1-6-2-7(11)8(12)3-9(6)19(16,17)14-4-10-13-5-18-15-10/h2-3,5,14H,4,12H2,1H3. The fourth-order valence-electron chi connectivity index (χ4n) is 1.47. The van der Waals surface area contributed by atoms with Crippen molar-refractivity contribution >= 4 is 27.3 Å². The number of aryl methyl sites for hydroxylation is 1. The van der Waals surface area contributed by atoms with Gasteiger partial charge in [-0.3, -0.25) is 0 Å². The van der Waals surface area contributed by atoms with Crippen LogP contribution < -0.4 is 10.5 Å². The molecule has 0 aliphatic rings. The van der Waals surface area contributed by atoms with E-state index >= 15 is 0 Å². The summed E-state index contributed by atoms with van der Waals surface area (Å²) in [7, 11) is -3.72. The van der Waals surface area contributed by atoms with Crippen LogP contribution >= 0.6 is 11.6 Å². The minimum atomic E-state index is -3.72. The molecule has 0 unspecified atom stereocenters. The molecule has 0 aliphatic carbocycles. The Balaban J connectivity index is 2.27. The first-order chi connectivity index (χ1) is 8.90. The first kappa shape index (κ1) is 13.8. The number of nitrogens with two attached hydrogens (primary N) is 1. The van der Waals surface area contributed by atoms with Crippen LogP contribution in [0.3, 0.4) is 0 Å². The highest BCUT2D eigenvalue weighted by Crippen LogP contribution is 2.26. The molecular weight excluding hydrogens is 292 g/mol. The minimum Gasteiger partial charge on any atom is -0.397 e. The van der Waals surface area contributed by atoms with Crippen molar-refractivity contribution in [3.05, 3.63) is 34.9 Å². The maximum Gasteiger partial charge on any atom is 0.241 e. The molecular formula is C10H11ClN4O3S. The lowest BCUT2D eigenvalue weighted by Crippen LogP contribution is -2.24. The van der Waals surface area contributed by atoms with E-state index in [4.69, 9.17) is 17.3 Å². The Morgan fingerprint density at radius 2 is 2.21 bits per heavy atom. The molecule has 1 heterocycles. The van der Waals surface area contributed by atoms with Gasteiger partial charge in [0.15, 0.2) is 5.82 Å². The van der Waals surface area contributed by atoms with Crippen LogP contribution in [0.5, 0.6) is 0 Å². The van der Waals surface area contributed by atoms with E-state index in [9.17, 15) is 8.42 Å². The zero-order valence-corrected chi connectivity index (χ0v) is 11.5. The second-order valence-electron chi connectivity index (χ2n) is 3.81. The van der Waals surface area contributed by atoms with Gasteiger partial charge in [0.1, 0.15) is 0 Å². The lowest BCUT2D eigenvalue weighted by Gasteiger charge is -2.10. The zero-order chi connectivity index (χ0) is 14.0. The van der Waals surface area contributed by atoms with Crippen molar-refractivity contribution in [2.45, 2.75) is 18.4 Å². The number of hydrogen-bond acceptors (Lipinski definition) is 6. The van der Waals surface area contributed by atoms with Gasteiger partial charge in [0.25, 0.3) is 0 Å². The van der Waals surface area contributed by atoms with Crippen molar-refractivity contribution < 1.29 is 12.9 Å². The van der Waals surface area contributed by atoms with Gasteiger partial charge in [-0.1, -0.05) is 16.8 Å². The first-order valence-corrected chi connectivity index (χ1v) is 7.07. The molecule has 0 amide bonds. The minimum absolute atomic E-state index is 0.0675. The van der Waals surface area contributed by atoms with Gasteiger partial charge in [-0.05, 0) is 24.6 Å². The van der Waals surface area contributed by atoms with Crippen LogP contribution in [-0.2, 0) is 16.6 Å². The molecule has 0 atom stereocenters. The lowest BCUT2D eigenvalue weighted by molar-refractivity contribution is 0.409. The summed E-state index contributed by atoms with van der Waals surface area (Å²) in [6.07, 6.45) is 1.12. The number of benzene rings is 1. The molecule has 0 saturated heterocycles. The number of nitrogens with zero attached hydrogens (tertiary/aromatic N) is 2. The van der Waals surface area contributed by atoms with Crippen LogP contribution in [-0.4, -0.2) is 18.6 Å². The Labute approximate surface area is 114 Å². The fourth-order valence-corrected chi connectivity index (χ4v) is 2.92. The zero-order valence-electron chi connectivity index (χ0n) is 9.92. The average molecular weight is 303 g/mol. The quantitative estimate of drug-likeness (QED) is 0.818. The Kier molecular flexibility index (Phi) is 3.74. The van der Waals surface area contributed by atoms with E-state index in [0.29, 0.717) is 10.6 Å². The molecule has 0 aliphatic heterocycles. The molecule has 2 aromatic rings. The number of nitrogen functional groups attached to an aromatic ring is 1. The van der Waals surface area contributed by atoms with Crippen LogP contribution in [0, 0.1) is 6.92 Å². The van der Waals surface area contributed by atoms with Crippen molar-refractivity contribution in [2.24, 2.45) is 0 Å². The van der Waals surface area contributed by atoms with E-state index < -0.39 is 10.0 Å². The SMILES string of the molecule is Cc1cc(Cl)c(N)cc1S(=O)(=O)NCc1ncon1. The van der Waals surface area contributed by atoms with Crippen LogP contribution in [0.25, 0.3) is 0 Å². The number of hydrogen-bond donors (Lipinski definition) is 2. The Hall–Kier alpha value is -1.64. The second kappa shape index (κ2) is 5.16. The first-order valence-electron chi connectivity index (χ1n) is 5.20. The van der Waals surface area contributed by atoms with Gasteiger partial charge < -0.3 is 10.3 Å². The highest BCUT2D eigenvalue weighted by atomic mass is 35.5. The van der Waals surface area contributed by atoms with Crippen molar-refractivity contribution in [3.63, 3.8) is 0 Å². The third-order valence-corrected chi connectivity index (χ3v) is 4.28. The summed E-state index contributed by atoms with van der Waals surface area (Å²) in [5.74, 6) is 0.239. The number of nitrogens with one attached hydrogen (secondary N) is 1. The molecule has 1 aromatic carbocycles. The van der Waals surface area contributed by atoms with Gasteiger partial charge >= 0.3 is 0 Å². The van der Waals surface area contributed by atoms with Gasteiger partial charge in [0, 0.05) is 0 Å². The molecule has 102 valence electrons. The average Bonchev–Trinajstić information content (AvgIpc) is 2.84. The van der Waals surface area contributed by atoms with Crippen molar-refractivity contribution in [1.29, 1.82) is 0 Å². The Morgan fingerprint density at radius 1 is 1.47 bits per heavy atom. The van der Waals surface area contributed by atoms with Gasteiger partial charge in [-0.25, -0.2) is 13.1 Å². The highest BCUT2D eigenvalue weighted by Gasteiger charge is 2.18. The highest BCUT2D eigenvalue weighted by molar-refractivity contribution is 7.89. The summed E-state index contributed by atoms with van der Waals surface area (Å²) in [6, 6.07) is 2.82. The molecule has 7 nitrogen and oxygen atoms in total. The van der Waals surface area contributed by atoms with E-state index in [1.807, 2.05) is 0 Å². The lowest BCUT2D eigenvalue weighted by atomic mass is 10.2. The Morgan fingerprint density at radius 3 is 2.84 bits per heavy atom. The predicted molar refractivity (Wildman–Crippen MR) is 68.9 cm³/mol. The topological polar surface area (TPSA) is 111 Å². The van der Waals surface area contributed by atoms with Crippen molar-refractivity contribution in [2.75, 3.05) is 5.73 Å². The maximum absolute atomic E-state index is 12.1. The molecule has 9 heteroatoms. The van der Waals surface area contributed by atoms with E-state index in [0.717, 1.165) is 6.39 Å². The molecule has 0 spiro atoms. The number of anilines is 1. The largest absolute Gasteiger partial charge is 0.397 e. The van der Waals surface area contributed by atoms with Gasteiger partial charge in [-0.15, -0.1) is 0 Å². The summed E-state index contributed by atoms with van der Waals surface area (Å²) in [4.78, 5) is 3.78. The second-order valence-corrected chi connectivity index (χ2v) is 5.95. The summed E-state index contributed by atoms with van der Waals surface area (Å²) < 4.78 is 31.1. The summed E-state index contributed by atoms with van der Waals surface area (Å²) in [5.41, 5.74) is 6.31. The van der Waals surface area contributed by atoms with Crippen molar-refractivity contribution in [3.8, 4) is 0 Å². The molecule has 19 heavy (non-hydrogen) atoms. The molecule has 1 aromatic heterocycles. The molecule has 0 radical (unpaired) electrons. The molecule has 3 N–H and O–H groups in total. The summed E-state index contributed by atoms with van der Waals surface area (Å²) in [5, 5.41) is 3.82. The van der Waals surface area contributed by atoms with E-state index in [1.54, 1.807) is 6.92 Å². The van der Waals surface area contributed by atoms with Crippen LogP contribution in [0.4, 0.5) is 5.69 Å². The number of rotatable bonds is 4. The smallest absolute Gasteiger partial charge is 0.241 e. The predicted octanol–water partition coefficient (Wildman–Crippen LogP) is 1.09. The van der Waals surface area contributed by atoms with Crippen LogP contribution in [0.1, 0.15) is 11.4 Å². The van der Waals surface area contributed by atoms with Crippen LogP contribution in [0.2, 0.25) is 5.02 Å². The molecule has 0 fully saturated rings. The van der Waals surface area contributed by atoms with E-state index in [1.165, 1.54) is 12.1 Å². The molecule has 2 rings (SSSR count).